The molecule has 25 heavy (non-hydrogen) atoms. The van der Waals surface area contributed by atoms with Crippen molar-refractivity contribution in [2.45, 2.75) is 30.3 Å². The summed E-state index contributed by atoms with van der Waals surface area (Å²) in [5.41, 5.74) is -0.0897. The van der Waals surface area contributed by atoms with E-state index in [2.05, 4.69) is 5.32 Å². The van der Waals surface area contributed by atoms with Gasteiger partial charge in [-0.3, -0.25) is 4.79 Å². The predicted molar refractivity (Wildman–Crippen MR) is 89.6 cm³/mol. The normalized spacial score (nSPS) is 15.7. The van der Waals surface area contributed by atoms with Crippen LogP contribution >= 0.6 is 0 Å². The average molecular weight is 371 g/mol. The molecule has 8 nitrogen and oxygen atoms in total. The van der Waals surface area contributed by atoms with Gasteiger partial charge in [0.15, 0.2) is 9.84 Å². The zero-order valence-corrected chi connectivity index (χ0v) is 14.7. The number of benzene rings is 1. The van der Waals surface area contributed by atoms with Crippen molar-refractivity contribution in [2.24, 2.45) is 0 Å². The SMILES string of the molecule is CS(=O)(=O)c1cc(NC(=O)CCOC2CCOCC2)cc(C(=O)O)c1. The van der Waals surface area contributed by atoms with Crippen LogP contribution in [0.15, 0.2) is 23.1 Å². The van der Waals surface area contributed by atoms with E-state index in [1.54, 1.807) is 0 Å². The Hall–Kier alpha value is -1.97. The predicted octanol–water partition coefficient (Wildman–Crippen LogP) is 1.31. The Kier molecular flexibility index (Phi) is 6.51. The second-order valence-corrected chi connectivity index (χ2v) is 7.82. The summed E-state index contributed by atoms with van der Waals surface area (Å²) in [6.45, 7) is 1.52. The number of sulfone groups is 1. The van der Waals surface area contributed by atoms with Crippen LogP contribution in [0.5, 0.6) is 0 Å². The molecule has 9 heteroatoms. The van der Waals surface area contributed by atoms with Gasteiger partial charge in [-0.05, 0) is 31.0 Å². The molecule has 1 aliphatic rings. The van der Waals surface area contributed by atoms with Crippen molar-refractivity contribution in [3.8, 4) is 0 Å². The largest absolute Gasteiger partial charge is 0.478 e. The van der Waals surface area contributed by atoms with Gasteiger partial charge in [0.25, 0.3) is 0 Å². The second kappa shape index (κ2) is 8.41. The molecule has 0 spiro atoms. The minimum atomic E-state index is -3.60. The number of ether oxygens (including phenoxy) is 2. The van der Waals surface area contributed by atoms with Gasteiger partial charge in [0, 0.05) is 25.2 Å². The first-order valence-electron chi connectivity index (χ1n) is 7.83. The summed E-state index contributed by atoms with van der Waals surface area (Å²) in [6.07, 6.45) is 2.72. The van der Waals surface area contributed by atoms with E-state index in [0.29, 0.717) is 13.2 Å². The molecule has 1 aliphatic heterocycles. The first-order valence-corrected chi connectivity index (χ1v) is 9.72. The minimum absolute atomic E-state index is 0.0775. The van der Waals surface area contributed by atoms with Crippen molar-refractivity contribution in [3.63, 3.8) is 0 Å². The first-order chi connectivity index (χ1) is 11.8. The molecule has 1 saturated heterocycles. The van der Waals surface area contributed by atoms with Crippen LogP contribution in [0.4, 0.5) is 5.69 Å². The van der Waals surface area contributed by atoms with Crippen LogP contribution in [0.3, 0.4) is 0 Å². The second-order valence-electron chi connectivity index (χ2n) is 5.80. The number of carboxylic acid groups (broad SMARTS) is 1. The zero-order valence-electron chi connectivity index (χ0n) is 13.9. The molecule has 2 rings (SSSR count). The highest BCUT2D eigenvalue weighted by Crippen LogP contribution is 2.19. The monoisotopic (exact) mass is 371 g/mol. The molecule has 1 amide bonds. The summed E-state index contributed by atoms with van der Waals surface area (Å²) in [4.78, 5) is 22.9. The van der Waals surface area contributed by atoms with Crippen LogP contribution in [0.2, 0.25) is 0 Å². The number of nitrogens with one attached hydrogen (secondary N) is 1. The fourth-order valence-electron chi connectivity index (χ4n) is 2.39. The Bertz CT molecular complexity index is 739. The van der Waals surface area contributed by atoms with E-state index >= 15 is 0 Å². The highest BCUT2D eigenvalue weighted by Gasteiger charge is 2.16. The van der Waals surface area contributed by atoms with Gasteiger partial charge in [-0.25, -0.2) is 13.2 Å². The van der Waals surface area contributed by atoms with Crippen LogP contribution in [0.1, 0.15) is 29.6 Å². The van der Waals surface area contributed by atoms with Gasteiger partial charge in [0.05, 0.1) is 29.6 Å². The van der Waals surface area contributed by atoms with Crippen molar-refractivity contribution in [1.29, 1.82) is 0 Å². The molecule has 0 aliphatic carbocycles. The third kappa shape index (κ3) is 6.11. The van der Waals surface area contributed by atoms with Crippen LogP contribution < -0.4 is 5.32 Å². The molecule has 1 aromatic rings. The lowest BCUT2D eigenvalue weighted by molar-refractivity contribution is -0.118. The minimum Gasteiger partial charge on any atom is -0.478 e. The number of carbonyl (C=O) groups is 2. The van der Waals surface area contributed by atoms with Crippen LogP contribution in [-0.2, 0) is 24.1 Å². The van der Waals surface area contributed by atoms with Crippen LogP contribution in [0, 0.1) is 0 Å². The summed E-state index contributed by atoms with van der Waals surface area (Å²) >= 11 is 0. The Morgan fingerprint density at radius 3 is 2.56 bits per heavy atom. The number of rotatable bonds is 7. The van der Waals surface area contributed by atoms with Gasteiger partial charge < -0.3 is 19.9 Å². The molecule has 0 bridgehead atoms. The smallest absolute Gasteiger partial charge is 0.335 e. The van der Waals surface area contributed by atoms with Crippen molar-refractivity contribution in [3.05, 3.63) is 23.8 Å². The number of amides is 1. The summed E-state index contributed by atoms with van der Waals surface area (Å²) in [5, 5.41) is 11.6. The van der Waals surface area contributed by atoms with Gasteiger partial charge in [-0.2, -0.15) is 0 Å². The fourth-order valence-corrected chi connectivity index (χ4v) is 3.08. The molecule has 1 aromatic carbocycles. The van der Waals surface area contributed by atoms with Crippen LogP contribution in [0.25, 0.3) is 0 Å². The maximum absolute atomic E-state index is 12.0. The van der Waals surface area contributed by atoms with E-state index in [1.807, 2.05) is 0 Å². The topological polar surface area (TPSA) is 119 Å². The van der Waals surface area contributed by atoms with E-state index in [4.69, 9.17) is 14.6 Å². The number of carboxylic acids is 1. The van der Waals surface area contributed by atoms with Gasteiger partial charge in [-0.15, -0.1) is 0 Å². The number of aromatic carboxylic acids is 1. The fraction of sp³-hybridized carbons (Fsp3) is 0.500. The Balaban J connectivity index is 1.97. The molecule has 0 radical (unpaired) electrons. The summed E-state index contributed by atoms with van der Waals surface area (Å²) in [7, 11) is -3.60. The zero-order chi connectivity index (χ0) is 18.4. The highest BCUT2D eigenvalue weighted by molar-refractivity contribution is 7.90. The summed E-state index contributed by atoms with van der Waals surface area (Å²) < 4.78 is 34.1. The summed E-state index contributed by atoms with van der Waals surface area (Å²) in [5.74, 6) is -1.65. The average Bonchev–Trinajstić information content (AvgIpc) is 2.54. The van der Waals surface area contributed by atoms with Gasteiger partial charge in [0.1, 0.15) is 0 Å². The van der Waals surface area contributed by atoms with E-state index in [-0.39, 0.29) is 41.2 Å². The third-order valence-corrected chi connectivity index (χ3v) is 4.81. The first kappa shape index (κ1) is 19.4. The van der Waals surface area contributed by atoms with E-state index in [0.717, 1.165) is 25.2 Å². The molecule has 1 heterocycles. The third-order valence-electron chi connectivity index (χ3n) is 3.72. The lowest BCUT2D eigenvalue weighted by Gasteiger charge is -2.22. The van der Waals surface area contributed by atoms with E-state index < -0.39 is 15.8 Å². The summed E-state index contributed by atoms with van der Waals surface area (Å²) in [6, 6.07) is 3.51. The van der Waals surface area contributed by atoms with Gasteiger partial charge >= 0.3 is 5.97 Å². The maximum atomic E-state index is 12.0. The van der Waals surface area contributed by atoms with Crippen molar-refractivity contribution >= 4 is 27.4 Å². The van der Waals surface area contributed by atoms with Crippen molar-refractivity contribution in [2.75, 3.05) is 31.4 Å². The molecular formula is C16H21NO7S. The maximum Gasteiger partial charge on any atom is 0.335 e. The molecule has 0 atom stereocenters. The number of hydrogen-bond acceptors (Lipinski definition) is 6. The molecular weight excluding hydrogens is 350 g/mol. The lowest BCUT2D eigenvalue weighted by Crippen LogP contribution is -2.25. The lowest BCUT2D eigenvalue weighted by atomic mass is 10.1. The van der Waals surface area contributed by atoms with Gasteiger partial charge in [0.2, 0.25) is 5.91 Å². The van der Waals surface area contributed by atoms with E-state index in [1.165, 1.54) is 12.1 Å². The quantitative estimate of drug-likeness (QED) is 0.742. The van der Waals surface area contributed by atoms with Gasteiger partial charge in [-0.1, -0.05) is 0 Å². The molecule has 1 fully saturated rings. The number of carbonyl (C=O) groups excluding carboxylic acids is 1. The molecule has 138 valence electrons. The van der Waals surface area contributed by atoms with E-state index in [9.17, 15) is 18.0 Å². The molecule has 0 unspecified atom stereocenters. The molecule has 0 saturated carbocycles. The standard InChI is InChI=1S/C16H21NO7S/c1-25(21,22)14-9-11(16(19)20)8-12(10-14)17-15(18)4-7-24-13-2-5-23-6-3-13/h8-10,13H,2-7H2,1H3,(H,17,18)(H,19,20). The molecule has 2 N–H and O–H groups in total. The Morgan fingerprint density at radius 2 is 1.96 bits per heavy atom. The number of hydrogen-bond donors (Lipinski definition) is 2. The Labute approximate surface area is 146 Å². The number of anilines is 1. The highest BCUT2D eigenvalue weighted by atomic mass is 32.2. The molecule has 0 aromatic heterocycles. The van der Waals surface area contributed by atoms with Crippen molar-refractivity contribution < 1.29 is 32.6 Å². The van der Waals surface area contributed by atoms with Crippen LogP contribution in [-0.4, -0.2) is 57.6 Å². The Morgan fingerprint density at radius 1 is 1.28 bits per heavy atom. The van der Waals surface area contributed by atoms with Crippen molar-refractivity contribution in [1.82, 2.24) is 0 Å².